The predicted molar refractivity (Wildman–Crippen MR) is 57.7 cm³/mol. The molecule has 3 heteroatoms. The Bertz CT molecular complexity index is 272. The Hall–Kier alpha value is -1.09. The number of hydrogen-bond acceptors (Lipinski definition) is 2. The molecular weight excluding hydrogens is 179 g/mol. The topological polar surface area (TPSA) is 38.0 Å². The summed E-state index contributed by atoms with van der Waals surface area (Å²) in [6.07, 6.45) is 1.04. The molecule has 0 radical (unpaired) electrons. The van der Waals surface area contributed by atoms with Crippen LogP contribution in [0.25, 0.3) is 0 Å². The molecule has 1 atom stereocenters. The Morgan fingerprint density at radius 1 is 1.50 bits per heavy atom. The van der Waals surface area contributed by atoms with E-state index < -0.39 is 0 Å². The summed E-state index contributed by atoms with van der Waals surface area (Å²) in [7, 11) is 0. The van der Waals surface area contributed by atoms with E-state index in [1.165, 1.54) is 12.1 Å². The quantitative estimate of drug-likeness (QED) is 0.757. The molecule has 78 valence electrons. The molecule has 1 aromatic carbocycles. The van der Waals surface area contributed by atoms with Gasteiger partial charge in [-0.05, 0) is 30.7 Å². The van der Waals surface area contributed by atoms with Gasteiger partial charge in [0, 0.05) is 12.2 Å². The van der Waals surface area contributed by atoms with Crippen LogP contribution in [-0.2, 0) is 0 Å². The average Bonchev–Trinajstić information content (AvgIpc) is 2.19. The minimum atomic E-state index is -0.212. The fraction of sp³-hybridized carbons (Fsp3) is 0.455. The number of nitrogens with two attached hydrogens (primary N) is 1. The Balaban J connectivity index is 2.44. The summed E-state index contributed by atoms with van der Waals surface area (Å²) < 4.78 is 12.8. The van der Waals surface area contributed by atoms with Crippen molar-refractivity contribution in [2.24, 2.45) is 11.7 Å². The van der Waals surface area contributed by atoms with Gasteiger partial charge in [-0.2, -0.15) is 0 Å². The second-order valence-corrected chi connectivity index (χ2v) is 3.40. The maximum atomic E-state index is 12.8. The van der Waals surface area contributed by atoms with Crippen molar-refractivity contribution in [1.29, 1.82) is 0 Å². The monoisotopic (exact) mass is 196 g/mol. The van der Waals surface area contributed by atoms with E-state index in [-0.39, 0.29) is 5.82 Å². The van der Waals surface area contributed by atoms with E-state index in [4.69, 9.17) is 5.73 Å². The highest BCUT2D eigenvalue weighted by Gasteiger charge is 2.02. The van der Waals surface area contributed by atoms with E-state index in [9.17, 15) is 4.39 Å². The molecule has 0 fully saturated rings. The molecule has 0 heterocycles. The van der Waals surface area contributed by atoms with Crippen LogP contribution in [0.4, 0.5) is 10.1 Å². The van der Waals surface area contributed by atoms with Crippen molar-refractivity contribution in [3.63, 3.8) is 0 Å². The lowest BCUT2D eigenvalue weighted by molar-refractivity contribution is 0.548. The second-order valence-electron chi connectivity index (χ2n) is 3.40. The van der Waals surface area contributed by atoms with E-state index in [1.807, 2.05) is 6.07 Å². The molecular formula is C11H17FN2. The van der Waals surface area contributed by atoms with Crippen LogP contribution < -0.4 is 11.1 Å². The summed E-state index contributed by atoms with van der Waals surface area (Å²) in [5.74, 6) is 0.245. The lowest BCUT2D eigenvalue weighted by atomic mass is 10.1. The highest BCUT2D eigenvalue weighted by molar-refractivity contribution is 5.42. The Labute approximate surface area is 84.3 Å². The van der Waals surface area contributed by atoms with Gasteiger partial charge < -0.3 is 11.1 Å². The third-order valence-corrected chi connectivity index (χ3v) is 2.33. The molecule has 1 rings (SSSR count). The maximum Gasteiger partial charge on any atom is 0.125 e. The van der Waals surface area contributed by atoms with Crippen LogP contribution in [0.15, 0.2) is 24.3 Å². The third kappa shape index (κ3) is 3.34. The first kappa shape index (κ1) is 11.0. The number of hydrogen-bond donors (Lipinski definition) is 2. The Kier molecular flexibility index (Phi) is 4.40. The zero-order valence-electron chi connectivity index (χ0n) is 8.46. The minimum Gasteiger partial charge on any atom is -0.385 e. The summed E-state index contributed by atoms with van der Waals surface area (Å²) in [6, 6.07) is 6.47. The van der Waals surface area contributed by atoms with E-state index >= 15 is 0 Å². The van der Waals surface area contributed by atoms with Crippen molar-refractivity contribution in [3.05, 3.63) is 30.1 Å². The molecule has 14 heavy (non-hydrogen) atoms. The van der Waals surface area contributed by atoms with Gasteiger partial charge in [-0.15, -0.1) is 0 Å². The van der Waals surface area contributed by atoms with Crippen molar-refractivity contribution in [2.45, 2.75) is 13.3 Å². The highest BCUT2D eigenvalue weighted by atomic mass is 19.1. The van der Waals surface area contributed by atoms with Gasteiger partial charge in [-0.3, -0.25) is 0 Å². The molecule has 0 saturated heterocycles. The molecule has 0 bridgehead atoms. The van der Waals surface area contributed by atoms with Crippen molar-refractivity contribution < 1.29 is 4.39 Å². The molecule has 0 aliphatic rings. The van der Waals surface area contributed by atoms with E-state index in [2.05, 4.69) is 12.2 Å². The van der Waals surface area contributed by atoms with Gasteiger partial charge in [0.25, 0.3) is 0 Å². The Morgan fingerprint density at radius 3 is 2.86 bits per heavy atom. The van der Waals surface area contributed by atoms with Crippen molar-refractivity contribution in [2.75, 3.05) is 18.4 Å². The van der Waals surface area contributed by atoms with Gasteiger partial charge in [0.05, 0.1) is 0 Å². The predicted octanol–water partition coefficient (Wildman–Crippen LogP) is 2.22. The SMILES string of the molecule is CCC(CN)CNc1cccc(F)c1. The van der Waals surface area contributed by atoms with Crippen LogP contribution in [0.2, 0.25) is 0 Å². The number of rotatable bonds is 5. The smallest absolute Gasteiger partial charge is 0.125 e. The standard InChI is InChI=1S/C11H17FN2/c1-2-9(7-13)8-14-11-5-3-4-10(12)6-11/h3-6,9,14H,2,7-8,13H2,1H3. The highest BCUT2D eigenvalue weighted by Crippen LogP contribution is 2.10. The molecule has 0 saturated carbocycles. The van der Waals surface area contributed by atoms with Gasteiger partial charge in [0.2, 0.25) is 0 Å². The van der Waals surface area contributed by atoms with E-state index in [0.29, 0.717) is 12.5 Å². The van der Waals surface area contributed by atoms with Gasteiger partial charge >= 0.3 is 0 Å². The first-order valence-electron chi connectivity index (χ1n) is 4.95. The van der Waals surface area contributed by atoms with Crippen molar-refractivity contribution >= 4 is 5.69 Å². The summed E-state index contributed by atoms with van der Waals surface area (Å²) >= 11 is 0. The molecule has 2 nitrogen and oxygen atoms in total. The molecule has 0 amide bonds. The number of benzene rings is 1. The van der Waals surface area contributed by atoms with Crippen LogP contribution in [0, 0.1) is 11.7 Å². The molecule has 0 aliphatic heterocycles. The van der Waals surface area contributed by atoms with Crippen LogP contribution in [-0.4, -0.2) is 13.1 Å². The van der Waals surface area contributed by atoms with Crippen molar-refractivity contribution in [3.8, 4) is 0 Å². The first-order chi connectivity index (χ1) is 6.76. The minimum absolute atomic E-state index is 0.212. The van der Waals surface area contributed by atoms with Gasteiger partial charge in [0.15, 0.2) is 0 Å². The van der Waals surface area contributed by atoms with Crippen LogP contribution in [0.3, 0.4) is 0 Å². The number of anilines is 1. The summed E-state index contributed by atoms with van der Waals surface area (Å²) in [5.41, 5.74) is 6.38. The van der Waals surface area contributed by atoms with E-state index in [1.54, 1.807) is 6.07 Å². The summed E-state index contributed by atoms with van der Waals surface area (Å²) in [4.78, 5) is 0. The number of nitrogens with one attached hydrogen (secondary N) is 1. The summed E-state index contributed by atoms with van der Waals surface area (Å²) in [5, 5.41) is 3.17. The third-order valence-electron chi connectivity index (χ3n) is 2.33. The van der Waals surface area contributed by atoms with Gasteiger partial charge in [0.1, 0.15) is 5.82 Å². The van der Waals surface area contributed by atoms with Gasteiger partial charge in [-0.25, -0.2) is 4.39 Å². The Morgan fingerprint density at radius 2 is 2.29 bits per heavy atom. The van der Waals surface area contributed by atoms with Crippen LogP contribution in [0.1, 0.15) is 13.3 Å². The van der Waals surface area contributed by atoms with E-state index in [0.717, 1.165) is 18.7 Å². The zero-order chi connectivity index (χ0) is 10.4. The lowest BCUT2D eigenvalue weighted by Gasteiger charge is -2.13. The van der Waals surface area contributed by atoms with Crippen molar-refractivity contribution in [1.82, 2.24) is 0 Å². The lowest BCUT2D eigenvalue weighted by Crippen LogP contribution is -2.22. The number of halogens is 1. The normalized spacial score (nSPS) is 12.5. The molecule has 0 aliphatic carbocycles. The fourth-order valence-electron chi connectivity index (χ4n) is 1.25. The van der Waals surface area contributed by atoms with Gasteiger partial charge in [-0.1, -0.05) is 19.4 Å². The maximum absolute atomic E-state index is 12.8. The van der Waals surface area contributed by atoms with Crippen LogP contribution in [0.5, 0.6) is 0 Å². The largest absolute Gasteiger partial charge is 0.385 e. The molecule has 0 spiro atoms. The molecule has 3 N–H and O–H groups in total. The summed E-state index contributed by atoms with van der Waals surface area (Å²) in [6.45, 7) is 3.57. The first-order valence-corrected chi connectivity index (χ1v) is 4.95. The zero-order valence-corrected chi connectivity index (χ0v) is 8.46. The molecule has 1 aromatic rings. The fourth-order valence-corrected chi connectivity index (χ4v) is 1.25. The second kappa shape index (κ2) is 5.60. The van der Waals surface area contributed by atoms with Crippen LogP contribution >= 0.6 is 0 Å². The average molecular weight is 196 g/mol. The molecule has 0 aromatic heterocycles. The molecule has 1 unspecified atom stereocenters.